The fraction of sp³-hybridized carbons (Fsp3) is 0.286. The van der Waals surface area contributed by atoms with Gasteiger partial charge in [-0.3, -0.25) is 9.89 Å². The van der Waals surface area contributed by atoms with Crippen molar-refractivity contribution >= 4 is 17.2 Å². The SMILES string of the molecule is COc1ccccc1-c1nc2n(n1)CCC(NC(=O)c1[nH]ncc1-c1nc(C(F)F)cs1)C2. The van der Waals surface area contributed by atoms with Gasteiger partial charge in [0.2, 0.25) is 0 Å². The summed E-state index contributed by atoms with van der Waals surface area (Å²) in [5.74, 6) is 1.65. The van der Waals surface area contributed by atoms with E-state index in [1.807, 2.05) is 28.9 Å². The van der Waals surface area contributed by atoms with Gasteiger partial charge in [-0.25, -0.2) is 23.4 Å². The topological polar surface area (TPSA) is 111 Å². The maximum atomic E-state index is 12.9. The molecule has 1 aromatic carbocycles. The summed E-state index contributed by atoms with van der Waals surface area (Å²) in [4.78, 5) is 21.5. The number of fused-ring (bicyclic) bond motifs is 1. The number of amides is 1. The number of halogens is 2. The average molecular weight is 471 g/mol. The third-order valence-electron chi connectivity index (χ3n) is 5.39. The molecule has 2 N–H and O–H groups in total. The molecule has 1 atom stereocenters. The van der Waals surface area contributed by atoms with Crippen molar-refractivity contribution < 1.29 is 18.3 Å². The van der Waals surface area contributed by atoms with Crippen LogP contribution < -0.4 is 10.1 Å². The molecule has 0 spiro atoms. The number of hydrogen-bond donors (Lipinski definition) is 2. The molecular formula is C21H19F2N7O2S. The molecule has 33 heavy (non-hydrogen) atoms. The molecule has 3 aromatic heterocycles. The normalized spacial score (nSPS) is 15.5. The van der Waals surface area contributed by atoms with Crippen molar-refractivity contribution in [3.63, 3.8) is 0 Å². The van der Waals surface area contributed by atoms with Gasteiger partial charge in [0.05, 0.1) is 24.4 Å². The number of H-pyrrole nitrogens is 1. The smallest absolute Gasteiger partial charge is 0.281 e. The number of thiazole rings is 1. The van der Waals surface area contributed by atoms with Gasteiger partial charge in [-0.2, -0.15) is 10.2 Å². The minimum absolute atomic E-state index is 0.163. The summed E-state index contributed by atoms with van der Waals surface area (Å²) < 4.78 is 33.0. The first-order valence-electron chi connectivity index (χ1n) is 10.2. The van der Waals surface area contributed by atoms with Crippen LogP contribution in [-0.4, -0.2) is 49.0 Å². The second-order valence-corrected chi connectivity index (χ2v) is 8.33. The minimum Gasteiger partial charge on any atom is -0.496 e. The van der Waals surface area contributed by atoms with Crippen LogP contribution in [0.25, 0.3) is 22.0 Å². The molecule has 0 saturated heterocycles. The molecular weight excluding hydrogens is 452 g/mol. The van der Waals surface area contributed by atoms with Crippen LogP contribution in [0.15, 0.2) is 35.8 Å². The summed E-state index contributed by atoms with van der Waals surface area (Å²) in [6.07, 6.45) is -0.0760. The number of methoxy groups -OCH3 is 1. The van der Waals surface area contributed by atoms with Crippen molar-refractivity contribution in [2.24, 2.45) is 0 Å². The number of alkyl halides is 2. The number of aromatic nitrogens is 6. The van der Waals surface area contributed by atoms with E-state index >= 15 is 0 Å². The highest BCUT2D eigenvalue weighted by Crippen LogP contribution is 2.30. The lowest BCUT2D eigenvalue weighted by atomic mass is 10.1. The summed E-state index contributed by atoms with van der Waals surface area (Å²) >= 11 is 1.04. The number of benzene rings is 1. The van der Waals surface area contributed by atoms with Gasteiger partial charge in [-0.15, -0.1) is 11.3 Å². The van der Waals surface area contributed by atoms with Crippen molar-refractivity contribution in [3.8, 4) is 27.7 Å². The summed E-state index contributed by atoms with van der Waals surface area (Å²) in [7, 11) is 1.60. The van der Waals surface area contributed by atoms with Crippen LogP contribution >= 0.6 is 11.3 Å². The van der Waals surface area contributed by atoms with Crippen LogP contribution in [0, 0.1) is 0 Å². The first-order valence-corrected chi connectivity index (χ1v) is 11.1. The number of para-hydroxylation sites is 1. The molecule has 0 aliphatic carbocycles. The molecule has 4 heterocycles. The van der Waals surface area contributed by atoms with Gasteiger partial charge >= 0.3 is 0 Å². The van der Waals surface area contributed by atoms with E-state index in [1.165, 1.54) is 11.6 Å². The molecule has 0 bridgehead atoms. The summed E-state index contributed by atoms with van der Waals surface area (Å²) in [6, 6.07) is 7.37. The second kappa shape index (κ2) is 8.70. The maximum Gasteiger partial charge on any atom is 0.281 e. The highest BCUT2D eigenvalue weighted by atomic mass is 32.1. The molecule has 12 heteroatoms. The number of aromatic amines is 1. The van der Waals surface area contributed by atoms with Crippen LogP contribution in [0.3, 0.4) is 0 Å². The highest BCUT2D eigenvalue weighted by molar-refractivity contribution is 7.13. The number of rotatable bonds is 6. The zero-order valence-corrected chi connectivity index (χ0v) is 18.3. The molecule has 1 amide bonds. The van der Waals surface area contributed by atoms with Crippen LogP contribution in [-0.2, 0) is 13.0 Å². The lowest BCUT2D eigenvalue weighted by Gasteiger charge is -2.23. The Balaban J connectivity index is 1.31. The van der Waals surface area contributed by atoms with E-state index in [4.69, 9.17) is 4.74 Å². The fourth-order valence-electron chi connectivity index (χ4n) is 3.76. The maximum absolute atomic E-state index is 12.9. The van der Waals surface area contributed by atoms with Crippen LogP contribution in [0.2, 0.25) is 0 Å². The lowest BCUT2D eigenvalue weighted by Crippen LogP contribution is -2.40. The van der Waals surface area contributed by atoms with Gasteiger partial charge in [-0.1, -0.05) is 12.1 Å². The van der Waals surface area contributed by atoms with E-state index in [-0.39, 0.29) is 23.3 Å². The number of carbonyl (C=O) groups excluding carboxylic acids is 1. The van der Waals surface area contributed by atoms with E-state index < -0.39 is 6.43 Å². The van der Waals surface area contributed by atoms with Crippen molar-refractivity contribution in [1.29, 1.82) is 0 Å². The van der Waals surface area contributed by atoms with Crippen molar-refractivity contribution in [3.05, 3.63) is 53.1 Å². The predicted molar refractivity (Wildman–Crippen MR) is 116 cm³/mol. The summed E-state index contributed by atoms with van der Waals surface area (Å²) in [5.41, 5.74) is 1.06. The van der Waals surface area contributed by atoms with E-state index in [1.54, 1.807) is 7.11 Å². The number of hydrogen-bond acceptors (Lipinski definition) is 7. The van der Waals surface area contributed by atoms with Crippen LogP contribution in [0.5, 0.6) is 5.75 Å². The third kappa shape index (κ3) is 4.09. The van der Waals surface area contributed by atoms with Gasteiger partial charge < -0.3 is 10.1 Å². The first-order chi connectivity index (χ1) is 16.0. The number of nitrogens with one attached hydrogen (secondary N) is 2. The second-order valence-electron chi connectivity index (χ2n) is 7.48. The Bertz CT molecular complexity index is 1300. The van der Waals surface area contributed by atoms with Crippen molar-refractivity contribution in [2.75, 3.05) is 7.11 Å². The molecule has 0 radical (unpaired) electrons. The molecule has 0 saturated carbocycles. The molecule has 1 unspecified atom stereocenters. The monoisotopic (exact) mass is 471 g/mol. The largest absolute Gasteiger partial charge is 0.496 e. The Morgan fingerprint density at radius 3 is 2.94 bits per heavy atom. The molecule has 1 aliphatic rings. The van der Waals surface area contributed by atoms with Crippen molar-refractivity contribution in [2.45, 2.75) is 31.9 Å². The van der Waals surface area contributed by atoms with Gasteiger partial charge in [0.15, 0.2) is 5.82 Å². The van der Waals surface area contributed by atoms with Gasteiger partial charge in [0, 0.05) is 24.4 Å². The zero-order chi connectivity index (χ0) is 22.9. The van der Waals surface area contributed by atoms with E-state index in [0.717, 1.165) is 22.7 Å². The Hall–Kier alpha value is -3.67. The van der Waals surface area contributed by atoms with Crippen molar-refractivity contribution in [1.82, 2.24) is 35.3 Å². The lowest BCUT2D eigenvalue weighted by molar-refractivity contribution is 0.0925. The van der Waals surface area contributed by atoms with Crippen LogP contribution in [0.1, 0.15) is 34.9 Å². The number of ether oxygens (including phenoxy) is 1. The third-order valence-corrected chi connectivity index (χ3v) is 6.29. The summed E-state index contributed by atoms with van der Waals surface area (Å²) in [6.45, 7) is 0.600. The predicted octanol–water partition coefficient (Wildman–Crippen LogP) is 3.48. The zero-order valence-electron chi connectivity index (χ0n) is 17.5. The average Bonchev–Trinajstić information content (AvgIpc) is 3.57. The number of nitrogens with zero attached hydrogens (tertiary/aromatic N) is 5. The van der Waals surface area contributed by atoms with Crippen LogP contribution in [0.4, 0.5) is 8.78 Å². The molecule has 9 nitrogen and oxygen atoms in total. The Kier molecular flexibility index (Phi) is 5.58. The Labute approximate surface area is 190 Å². The number of aryl methyl sites for hydroxylation is 1. The van der Waals surface area contributed by atoms with E-state index in [9.17, 15) is 13.6 Å². The van der Waals surface area contributed by atoms with Gasteiger partial charge in [0.25, 0.3) is 12.3 Å². The van der Waals surface area contributed by atoms with E-state index in [2.05, 4.69) is 30.6 Å². The number of carbonyl (C=O) groups is 1. The standard InChI is InChI=1S/C21H19F2N7O2S/c1-32-15-5-3-2-4-12(15)19-27-16-8-11(6-7-30(16)29-19)25-20(31)17-13(9-24-28-17)21-26-14(10-33-21)18(22)23/h2-5,9-11,18H,6-8H2,1H3,(H,24,28)(H,25,31). The minimum atomic E-state index is -2.67. The fourth-order valence-corrected chi connectivity index (χ4v) is 4.59. The Morgan fingerprint density at radius 2 is 2.15 bits per heavy atom. The molecule has 5 rings (SSSR count). The molecule has 170 valence electrons. The molecule has 0 fully saturated rings. The molecule has 4 aromatic rings. The Morgan fingerprint density at radius 1 is 1.30 bits per heavy atom. The molecule has 1 aliphatic heterocycles. The van der Waals surface area contributed by atoms with Gasteiger partial charge in [0.1, 0.15) is 28.0 Å². The quantitative estimate of drug-likeness (QED) is 0.446. The first kappa shape index (κ1) is 21.2. The summed E-state index contributed by atoms with van der Waals surface area (Å²) in [5, 5.41) is 15.7. The van der Waals surface area contributed by atoms with Gasteiger partial charge in [-0.05, 0) is 18.6 Å². The highest BCUT2D eigenvalue weighted by Gasteiger charge is 2.27. The van der Waals surface area contributed by atoms with E-state index in [0.29, 0.717) is 41.5 Å².